The Bertz CT molecular complexity index is 257. The van der Waals surface area contributed by atoms with Crippen LogP contribution in [0, 0.1) is 12.3 Å². The van der Waals surface area contributed by atoms with Crippen LogP contribution in [-0.2, 0) is 6.54 Å². The second-order valence-electron chi connectivity index (χ2n) is 4.66. The van der Waals surface area contributed by atoms with E-state index < -0.39 is 0 Å². The molecule has 0 saturated carbocycles. The molecular weight excluding hydrogens is 162 g/mol. The van der Waals surface area contributed by atoms with Crippen molar-refractivity contribution in [2.45, 2.75) is 34.2 Å². The predicted molar refractivity (Wildman–Crippen MR) is 54.5 cm³/mol. The summed E-state index contributed by atoms with van der Waals surface area (Å²) in [5.41, 5.74) is 1.50. The maximum absolute atomic E-state index is 4.14. The first kappa shape index (κ1) is 10.3. The molecule has 1 aromatic heterocycles. The van der Waals surface area contributed by atoms with E-state index in [9.17, 15) is 0 Å². The fourth-order valence-electron chi connectivity index (χ4n) is 1.13. The Morgan fingerprint density at radius 2 is 2.15 bits per heavy atom. The number of H-pyrrole nitrogens is 1. The van der Waals surface area contributed by atoms with E-state index in [4.69, 9.17) is 0 Å². The van der Waals surface area contributed by atoms with Gasteiger partial charge in [0.05, 0.1) is 0 Å². The van der Waals surface area contributed by atoms with Gasteiger partial charge in [0, 0.05) is 25.0 Å². The lowest BCUT2D eigenvalue weighted by molar-refractivity contribution is 0.378. The van der Waals surface area contributed by atoms with Crippen molar-refractivity contribution in [3.63, 3.8) is 0 Å². The lowest BCUT2D eigenvalue weighted by atomic mass is 9.97. The van der Waals surface area contributed by atoms with Gasteiger partial charge in [0.2, 0.25) is 0 Å². The molecule has 0 atom stereocenters. The van der Waals surface area contributed by atoms with E-state index in [0.717, 1.165) is 24.6 Å². The molecule has 0 radical (unpaired) electrons. The summed E-state index contributed by atoms with van der Waals surface area (Å²) in [7, 11) is 0. The van der Waals surface area contributed by atoms with Crippen molar-refractivity contribution in [3.05, 3.63) is 17.7 Å². The highest BCUT2D eigenvalue weighted by Crippen LogP contribution is 2.10. The Morgan fingerprint density at radius 3 is 2.62 bits per heavy atom. The molecule has 0 aliphatic rings. The summed E-state index contributed by atoms with van der Waals surface area (Å²) in [5, 5.41) is 3.38. The fourth-order valence-corrected chi connectivity index (χ4v) is 1.13. The molecule has 3 nitrogen and oxygen atoms in total. The van der Waals surface area contributed by atoms with Crippen LogP contribution in [0.5, 0.6) is 0 Å². The van der Waals surface area contributed by atoms with Gasteiger partial charge in [0.1, 0.15) is 5.82 Å². The third-order valence-corrected chi connectivity index (χ3v) is 1.73. The molecule has 0 fully saturated rings. The molecule has 1 rings (SSSR count). The normalized spacial score (nSPS) is 12.0. The largest absolute Gasteiger partial charge is 0.345 e. The van der Waals surface area contributed by atoms with E-state index in [0.29, 0.717) is 5.41 Å². The highest BCUT2D eigenvalue weighted by Gasteiger charge is 2.08. The van der Waals surface area contributed by atoms with Gasteiger partial charge in [0.15, 0.2) is 0 Å². The first-order chi connectivity index (χ1) is 5.97. The Hall–Kier alpha value is -0.830. The summed E-state index contributed by atoms with van der Waals surface area (Å²) in [6, 6.07) is 0. The number of hydrogen-bond acceptors (Lipinski definition) is 2. The second-order valence-corrected chi connectivity index (χ2v) is 4.66. The van der Waals surface area contributed by atoms with Gasteiger partial charge in [-0.25, -0.2) is 4.98 Å². The van der Waals surface area contributed by atoms with E-state index in [1.54, 1.807) is 0 Å². The zero-order chi connectivity index (χ0) is 9.90. The lowest BCUT2D eigenvalue weighted by Gasteiger charge is -2.18. The smallest absolute Gasteiger partial charge is 0.103 e. The van der Waals surface area contributed by atoms with Crippen LogP contribution in [0.25, 0.3) is 0 Å². The highest BCUT2D eigenvalue weighted by atomic mass is 15.0. The SMILES string of the molecule is Cc1ncc(CNCC(C)(C)C)[nH]1. The van der Waals surface area contributed by atoms with Gasteiger partial charge >= 0.3 is 0 Å². The predicted octanol–water partition coefficient (Wildman–Crippen LogP) is 1.85. The third-order valence-electron chi connectivity index (χ3n) is 1.73. The summed E-state index contributed by atoms with van der Waals surface area (Å²) in [5.74, 6) is 0.979. The zero-order valence-corrected chi connectivity index (χ0v) is 8.94. The van der Waals surface area contributed by atoms with Gasteiger partial charge in [-0.05, 0) is 12.3 Å². The number of imidazole rings is 1. The minimum Gasteiger partial charge on any atom is -0.345 e. The number of nitrogens with one attached hydrogen (secondary N) is 2. The number of aromatic nitrogens is 2. The molecule has 13 heavy (non-hydrogen) atoms. The molecule has 74 valence electrons. The van der Waals surface area contributed by atoms with E-state index in [-0.39, 0.29) is 0 Å². The van der Waals surface area contributed by atoms with E-state index in [2.05, 4.69) is 36.1 Å². The van der Waals surface area contributed by atoms with Crippen LogP contribution in [0.3, 0.4) is 0 Å². The standard InChI is InChI=1S/C10H19N3/c1-8-12-6-9(13-8)5-11-7-10(2,3)4/h6,11H,5,7H2,1-4H3,(H,12,13). The summed E-state index contributed by atoms with van der Waals surface area (Å²) < 4.78 is 0. The van der Waals surface area contributed by atoms with Crippen molar-refractivity contribution in [3.8, 4) is 0 Å². The van der Waals surface area contributed by atoms with E-state index in [1.807, 2.05) is 13.1 Å². The summed E-state index contributed by atoms with van der Waals surface area (Å²) in [4.78, 5) is 7.32. The van der Waals surface area contributed by atoms with Gasteiger partial charge in [-0.3, -0.25) is 0 Å². The molecule has 0 unspecified atom stereocenters. The Kier molecular flexibility index (Phi) is 3.09. The van der Waals surface area contributed by atoms with Gasteiger partial charge in [-0.15, -0.1) is 0 Å². The molecule has 0 spiro atoms. The molecular formula is C10H19N3. The Morgan fingerprint density at radius 1 is 1.46 bits per heavy atom. The van der Waals surface area contributed by atoms with Crippen LogP contribution < -0.4 is 5.32 Å². The molecule has 0 aliphatic heterocycles. The molecule has 0 amide bonds. The van der Waals surface area contributed by atoms with Crippen molar-refractivity contribution in [2.75, 3.05) is 6.54 Å². The van der Waals surface area contributed by atoms with Gasteiger partial charge < -0.3 is 10.3 Å². The molecule has 1 aromatic rings. The van der Waals surface area contributed by atoms with Gasteiger partial charge in [0.25, 0.3) is 0 Å². The topological polar surface area (TPSA) is 40.7 Å². The molecule has 0 aromatic carbocycles. The first-order valence-electron chi connectivity index (χ1n) is 4.68. The van der Waals surface area contributed by atoms with E-state index >= 15 is 0 Å². The van der Waals surface area contributed by atoms with Crippen molar-refractivity contribution < 1.29 is 0 Å². The number of hydrogen-bond donors (Lipinski definition) is 2. The zero-order valence-electron chi connectivity index (χ0n) is 8.94. The molecule has 0 bridgehead atoms. The Labute approximate surface area is 80.0 Å². The average molecular weight is 181 g/mol. The van der Waals surface area contributed by atoms with Crippen LogP contribution in [0.2, 0.25) is 0 Å². The third kappa shape index (κ3) is 4.08. The highest BCUT2D eigenvalue weighted by molar-refractivity contribution is 4.99. The number of nitrogens with zero attached hydrogens (tertiary/aromatic N) is 1. The fraction of sp³-hybridized carbons (Fsp3) is 0.700. The Balaban J connectivity index is 2.28. The number of aryl methyl sites for hydroxylation is 1. The molecule has 2 N–H and O–H groups in total. The van der Waals surface area contributed by atoms with Gasteiger partial charge in [-0.2, -0.15) is 0 Å². The lowest BCUT2D eigenvalue weighted by Crippen LogP contribution is -2.26. The van der Waals surface area contributed by atoms with Crippen molar-refractivity contribution in [2.24, 2.45) is 5.41 Å². The average Bonchev–Trinajstić information content (AvgIpc) is 2.33. The minimum absolute atomic E-state index is 0.342. The van der Waals surface area contributed by atoms with Crippen LogP contribution in [0.15, 0.2) is 6.20 Å². The van der Waals surface area contributed by atoms with Crippen molar-refractivity contribution in [1.29, 1.82) is 0 Å². The minimum atomic E-state index is 0.342. The monoisotopic (exact) mass is 181 g/mol. The van der Waals surface area contributed by atoms with Gasteiger partial charge in [-0.1, -0.05) is 20.8 Å². The molecule has 3 heteroatoms. The van der Waals surface area contributed by atoms with Crippen LogP contribution in [-0.4, -0.2) is 16.5 Å². The number of aromatic amines is 1. The maximum Gasteiger partial charge on any atom is 0.103 e. The molecule has 0 saturated heterocycles. The van der Waals surface area contributed by atoms with Crippen LogP contribution >= 0.6 is 0 Å². The summed E-state index contributed by atoms with van der Waals surface area (Å²) >= 11 is 0. The summed E-state index contributed by atoms with van der Waals surface area (Å²) in [6.45, 7) is 10.5. The van der Waals surface area contributed by atoms with Crippen molar-refractivity contribution in [1.82, 2.24) is 15.3 Å². The van der Waals surface area contributed by atoms with Crippen LogP contribution in [0.4, 0.5) is 0 Å². The van der Waals surface area contributed by atoms with Crippen molar-refractivity contribution >= 4 is 0 Å². The number of rotatable bonds is 3. The summed E-state index contributed by atoms with van der Waals surface area (Å²) in [6.07, 6.45) is 1.88. The second kappa shape index (κ2) is 3.92. The maximum atomic E-state index is 4.14. The quantitative estimate of drug-likeness (QED) is 0.747. The van der Waals surface area contributed by atoms with E-state index in [1.165, 1.54) is 0 Å². The van der Waals surface area contributed by atoms with Crippen LogP contribution in [0.1, 0.15) is 32.3 Å². The first-order valence-corrected chi connectivity index (χ1v) is 4.68. The molecule has 0 aliphatic carbocycles. The molecule has 1 heterocycles.